The molecule has 10 nitrogen and oxygen atoms in total. The van der Waals surface area contributed by atoms with Crippen LogP contribution in [0.25, 0.3) is 56.2 Å². The molecule has 0 aromatic carbocycles. The van der Waals surface area contributed by atoms with E-state index in [-0.39, 0.29) is 11.3 Å². The van der Waals surface area contributed by atoms with E-state index in [4.69, 9.17) is 9.97 Å². The number of aromatic amines is 2. The van der Waals surface area contributed by atoms with Gasteiger partial charge in [-0.05, 0) is 41.8 Å². The Kier molecular flexibility index (Phi) is 5.64. The quantitative estimate of drug-likeness (QED) is 0.286. The molecule has 0 spiro atoms. The first-order chi connectivity index (χ1) is 18.3. The highest BCUT2D eigenvalue weighted by atomic mass is 16.1. The molecule has 6 heterocycles. The maximum Gasteiger partial charge on any atom is 0.224 e. The van der Waals surface area contributed by atoms with Crippen LogP contribution in [-0.4, -0.2) is 46.0 Å². The van der Waals surface area contributed by atoms with Gasteiger partial charge in [0, 0.05) is 30.6 Å². The Hall–Kier alpha value is -4.99. The Bertz CT molecular complexity index is 1780. The summed E-state index contributed by atoms with van der Waals surface area (Å²) in [7, 11) is 0. The Labute approximate surface area is 218 Å². The lowest BCUT2D eigenvalue weighted by Gasteiger charge is -2.17. The van der Waals surface area contributed by atoms with Crippen molar-refractivity contribution in [3.05, 3.63) is 67.3 Å². The number of amides is 1. The number of carbonyl (C=O) groups excluding carboxylic acids is 1. The van der Waals surface area contributed by atoms with Gasteiger partial charge >= 0.3 is 0 Å². The zero-order valence-corrected chi connectivity index (χ0v) is 21.1. The van der Waals surface area contributed by atoms with Crippen molar-refractivity contribution in [3.8, 4) is 34.2 Å². The number of fused-ring (bicyclic) bond motifs is 2. The van der Waals surface area contributed by atoms with Crippen LogP contribution >= 0.6 is 0 Å². The lowest BCUT2D eigenvalue weighted by molar-refractivity contribution is -0.117. The van der Waals surface area contributed by atoms with Gasteiger partial charge in [-0.25, -0.2) is 9.97 Å². The molecule has 0 saturated carbocycles. The first-order valence-corrected chi connectivity index (χ1v) is 12.2. The molecule has 1 amide bonds. The first kappa shape index (κ1) is 23.4. The second kappa shape index (κ2) is 9.15. The number of anilines is 1. The van der Waals surface area contributed by atoms with Gasteiger partial charge in [0.1, 0.15) is 16.7 Å². The third-order valence-corrected chi connectivity index (χ3v) is 5.95. The summed E-state index contributed by atoms with van der Waals surface area (Å²) in [5.41, 5.74) is 6.98. The van der Waals surface area contributed by atoms with Gasteiger partial charge in [-0.2, -0.15) is 5.10 Å². The number of nitrogens with one attached hydrogen (secondary N) is 3. The summed E-state index contributed by atoms with van der Waals surface area (Å²) in [5, 5.41) is 10.5. The number of pyridine rings is 4. The molecule has 0 aliphatic carbocycles. The van der Waals surface area contributed by atoms with Crippen molar-refractivity contribution in [2.45, 2.75) is 27.2 Å². The predicted octanol–water partition coefficient (Wildman–Crippen LogP) is 5.39. The summed E-state index contributed by atoms with van der Waals surface area (Å²) in [5.74, 6) is 0.517. The summed E-state index contributed by atoms with van der Waals surface area (Å²) in [6.45, 7) is 6.09. The molecule has 188 valence electrons. The van der Waals surface area contributed by atoms with Crippen LogP contribution < -0.4 is 5.32 Å². The van der Waals surface area contributed by atoms with Crippen molar-refractivity contribution in [1.82, 2.24) is 40.1 Å². The molecule has 6 rings (SSSR count). The van der Waals surface area contributed by atoms with Gasteiger partial charge in [-0.3, -0.25) is 24.8 Å². The van der Waals surface area contributed by atoms with Crippen molar-refractivity contribution in [2.75, 3.05) is 5.32 Å². The topological polar surface area (TPSA) is 138 Å². The molecular weight excluding hydrogens is 478 g/mol. The highest BCUT2D eigenvalue weighted by Gasteiger charge is 2.19. The molecule has 6 aromatic rings. The minimum Gasteiger partial charge on any atom is -0.336 e. The van der Waals surface area contributed by atoms with Gasteiger partial charge in [-0.15, -0.1) is 0 Å². The molecule has 0 fully saturated rings. The Morgan fingerprint density at radius 3 is 2.58 bits per heavy atom. The number of H-pyrrole nitrogens is 2. The van der Waals surface area contributed by atoms with Crippen LogP contribution in [0.1, 0.15) is 27.2 Å². The van der Waals surface area contributed by atoms with E-state index in [1.165, 1.54) is 0 Å². The average Bonchev–Trinajstić information content (AvgIpc) is 3.51. The molecule has 10 heteroatoms. The molecular formula is C28H25N9O. The van der Waals surface area contributed by atoms with Crippen LogP contribution in [0.2, 0.25) is 0 Å². The summed E-state index contributed by atoms with van der Waals surface area (Å²) in [4.78, 5) is 38.7. The molecule has 0 atom stereocenters. The molecule has 0 radical (unpaired) electrons. The van der Waals surface area contributed by atoms with E-state index < -0.39 is 0 Å². The Morgan fingerprint density at radius 1 is 0.895 bits per heavy atom. The molecule has 0 aliphatic heterocycles. The van der Waals surface area contributed by atoms with Crippen molar-refractivity contribution in [3.63, 3.8) is 0 Å². The highest BCUT2D eigenvalue weighted by molar-refractivity contribution is 5.95. The molecule has 38 heavy (non-hydrogen) atoms. The summed E-state index contributed by atoms with van der Waals surface area (Å²) < 4.78 is 0. The first-order valence-electron chi connectivity index (χ1n) is 12.2. The molecule has 0 saturated heterocycles. The summed E-state index contributed by atoms with van der Waals surface area (Å²) in [6, 6.07) is 13.2. The maximum atomic E-state index is 12.4. The average molecular weight is 504 g/mol. The van der Waals surface area contributed by atoms with Crippen molar-refractivity contribution in [1.29, 1.82) is 0 Å². The van der Waals surface area contributed by atoms with E-state index in [1.54, 1.807) is 24.8 Å². The highest BCUT2D eigenvalue weighted by Crippen LogP contribution is 2.30. The standard InChI is InChI=1S/C28H25N9O/c1-28(2,3)13-22(38)32-17-12-16(14-29-15-17)18-7-8-21-25(33-18)26(37-36-21)27-34-20-9-11-31-23(24(20)35-27)19-6-4-5-10-30-19/h4-12,14-15H,13H2,1-3H3,(H,32,38)(H,34,35)(H,36,37). The van der Waals surface area contributed by atoms with Gasteiger partial charge in [0.2, 0.25) is 5.91 Å². The Morgan fingerprint density at radius 2 is 1.76 bits per heavy atom. The van der Waals surface area contributed by atoms with Crippen molar-refractivity contribution >= 4 is 33.7 Å². The van der Waals surface area contributed by atoms with E-state index in [1.807, 2.05) is 63.2 Å². The molecule has 0 aliphatic rings. The monoisotopic (exact) mass is 503 g/mol. The summed E-state index contributed by atoms with van der Waals surface area (Å²) in [6.07, 6.45) is 7.23. The fourth-order valence-electron chi connectivity index (χ4n) is 4.30. The number of hydrogen-bond donors (Lipinski definition) is 3. The van der Waals surface area contributed by atoms with Crippen LogP contribution in [0, 0.1) is 5.41 Å². The van der Waals surface area contributed by atoms with Crippen molar-refractivity contribution < 1.29 is 4.79 Å². The van der Waals surface area contributed by atoms with Crippen LogP contribution in [0.3, 0.4) is 0 Å². The molecule has 0 unspecified atom stereocenters. The number of rotatable bonds is 5. The number of hydrogen-bond acceptors (Lipinski definition) is 7. The van der Waals surface area contributed by atoms with E-state index in [2.05, 4.69) is 35.5 Å². The third kappa shape index (κ3) is 4.59. The zero-order chi connectivity index (χ0) is 26.3. The number of imidazole rings is 1. The fourth-order valence-corrected chi connectivity index (χ4v) is 4.30. The molecule has 3 N–H and O–H groups in total. The van der Waals surface area contributed by atoms with E-state index in [9.17, 15) is 4.79 Å². The van der Waals surface area contributed by atoms with E-state index in [0.29, 0.717) is 46.0 Å². The minimum atomic E-state index is -0.107. The van der Waals surface area contributed by atoms with Crippen LogP contribution in [0.5, 0.6) is 0 Å². The fraction of sp³-hybridized carbons (Fsp3) is 0.179. The van der Waals surface area contributed by atoms with Gasteiger partial charge < -0.3 is 10.3 Å². The number of nitrogens with zero attached hydrogens (tertiary/aromatic N) is 6. The number of aromatic nitrogens is 8. The normalized spacial score (nSPS) is 11.8. The van der Waals surface area contributed by atoms with Gasteiger partial charge in [-0.1, -0.05) is 26.8 Å². The van der Waals surface area contributed by atoms with Gasteiger partial charge in [0.25, 0.3) is 0 Å². The smallest absolute Gasteiger partial charge is 0.224 e. The third-order valence-electron chi connectivity index (χ3n) is 5.95. The van der Waals surface area contributed by atoms with Crippen LogP contribution in [0.4, 0.5) is 5.69 Å². The van der Waals surface area contributed by atoms with Crippen LogP contribution in [0.15, 0.2) is 67.3 Å². The zero-order valence-electron chi connectivity index (χ0n) is 21.1. The molecule has 0 bridgehead atoms. The lowest BCUT2D eigenvalue weighted by atomic mass is 9.92. The number of carbonyl (C=O) groups is 1. The van der Waals surface area contributed by atoms with E-state index in [0.717, 1.165) is 22.3 Å². The second-order valence-corrected chi connectivity index (χ2v) is 10.3. The SMILES string of the molecule is CC(C)(C)CC(=O)Nc1cncc(-c2ccc3[nH]nc(-c4nc5c(-c6ccccn6)nccc5[nH]4)c3n2)c1. The minimum absolute atomic E-state index is 0.0542. The van der Waals surface area contributed by atoms with E-state index >= 15 is 0 Å². The van der Waals surface area contributed by atoms with Gasteiger partial charge in [0.15, 0.2) is 11.5 Å². The summed E-state index contributed by atoms with van der Waals surface area (Å²) >= 11 is 0. The Balaban J connectivity index is 1.36. The van der Waals surface area contributed by atoms with Crippen molar-refractivity contribution in [2.24, 2.45) is 5.41 Å². The maximum absolute atomic E-state index is 12.4. The molecule has 6 aromatic heterocycles. The predicted molar refractivity (Wildman–Crippen MR) is 146 cm³/mol. The lowest BCUT2D eigenvalue weighted by Crippen LogP contribution is -2.19. The second-order valence-electron chi connectivity index (χ2n) is 10.3. The largest absolute Gasteiger partial charge is 0.336 e. The van der Waals surface area contributed by atoms with Crippen LogP contribution in [-0.2, 0) is 4.79 Å². The van der Waals surface area contributed by atoms with Gasteiger partial charge in [0.05, 0.1) is 34.3 Å².